The van der Waals surface area contributed by atoms with Gasteiger partial charge in [0.1, 0.15) is 11.0 Å². The summed E-state index contributed by atoms with van der Waals surface area (Å²) in [6, 6.07) is 12.2. The van der Waals surface area contributed by atoms with Gasteiger partial charge in [0.05, 0.1) is 5.56 Å². The maximum Gasteiger partial charge on any atom is 0.338 e. The Morgan fingerprint density at radius 2 is 1.48 bits per heavy atom. The summed E-state index contributed by atoms with van der Waals surface area (Å²) in [7, 11) is -9.83. The number of hydrogen-bond donors (Lipinski definition) is 0. The minimum atomic E-state index is -9.83. The van der Waals surface area contributed by atoms with Crippen molar-refractivity contribution in [2.75, 3.05) is 0 Å². The first-order valence-corrected chi connectivity index (χ1v) is 10.5. The monoisotopic (exact) mass is 406 g/mol. The van der Waals surface area contributed by atoms with Crippen molar-refractivity contribution in [1.82, 2.24) is 0 Å². The van der Waals surface area contributed by atoms with Crippen LogP contribution in [0.4, 0.5) is 19.4 Å². The molecule has 1 aliphatic rings. The van der Waals surface area contributed by atoms with E-state index in [2.05, 4.69) is 0 Å². The lowest BCUT2D eigenvalue weighted by Crippen LogP contribution is -2.24. The van der Waals surface area contributed by atoms with Crippen LogP contribution in [0, 0.1) is 0 Å². The van der Waals surface area contributed by atoms with Crippen LogP contribution in [0.5, 0.6) is 0 Å². The summed E-state index contributed by atoms with van der Waals surface area (Å²) >= 11 is 0. The van der Waals surface area contributed by atoms with Gasteiger partial charge in [-0.25, -0.2) is 4.79 Å². The second-order valence-electron chi connectivity index (χ2n) is 6.79. The number of benzene rings is 2. The summed E-state index contributed by atoms with van der Waals surface area (Å²) in [6.45, 7) is 0. The van der Waals surface area contributed by atoms with Crippen molar-refractivity contribution in [2.45, 2.75) is 42.6 Å². The Morgan fingerprint density at radius 3 is 2.07 bits per heavy atom. The van der Waals surface area contributed by atoms with Gasteiger partial charge in [-0.05, 0) is 55.4 Å². The molecule has 8 heteroatoms. The first-order valence-electron chi connectivity index (χ1n) is 8.52. The van der Waals surface area contributed by atoms with E-state index in [4.69, 9.17) is 4.74 Å². The highest BCUT2D eigenvalue weighted by Crippen LogP contribution is 3.02. The van der Waals surface area contributed by atoms with Crippen molar-refractivity contribution in [3.63, 3.8) is 0 Å². The summed E-state index contributed by atoms with van der Waals surface area (Å²) in [4.78, 5) is 10.0. The topological polar surface area (TPSA) is 26.3 Å². The summed E-state index contributed by atoms with van der Waals surface area (Å²) in [5.74, 6) is -0.667. The Bertz CT molecular complexity index is 829. The quantitative estimate of drug-likeness (QED) is 0.396. The third-order valence-corrected chi connectivity index (χ3v) is 5.88. The molecule has 0 unspecified atom stereocenters. The molecule has 0 aromatic heterocycles. The van der Waals surface area contributed by atoms with Gasteiger partial charge in [-0.3, -0.25) is 0 Å². The Kier molecular flexibility index (Phi) is 4.53. The molecule has 0 spiro atoms. The number of carbonyl (C=O) groups excluding carboxylic acids is 1. The van der Waals surface area contributed by atoms with Crippen molar-refractivity contribution in [1.29, 1.82) is 0 Å². The minimum Gasteiger partial charge on any atom is -0.459 e. The molecule has 0 radical (unpaired) electrons. The molecule has 2 aromatic carbocycles. The zero-order valence-corrected chi connectivity index (χ0v) is 15.1. The van der Waals surface area contributed by atoms with Crippen molar-refractivity contribution in [2.24, 2.45) is 0 Å². The molecule has 0 amide bonds. The minimum absolute atomic E-state index is 0.166. The lowest BCUT2D eigenvalue weighted by molar-refractivity contribution is 0.0195. The third-order valence-electron chi connectivity index (χ3n) is 4.73. The van der Waals surface area contributed by atoms with E-state index in [-0.39, 0.29) is 12.1 Å². The normalized spacial score (nSPS) is 23.1. The number of carbonyl (C=O) groups is 1. The van der Waals surface area contributed by atoms with Gasteiger partial charge in [0.2, 0.25) is 0 Å². The van der Waals surface area contributed by atoms with Crippen molar-refractivity contribution in [3.8, 4) is 0 Å². The van der Waals surface area contributed by atoms with E-state index in [1.165, 1.54) is 5.56 Å². The van der Waals surface area contributed by atoms with Gasteiger partial charge in [-0.2, -0.15) is 0 Å². The summed E-state index contributed by atoms with van der Waals surface area (Å²) in [5, 5.41) is 0. The highest BCUT2D eigenvalue weighted by molar-refractivity contribution is 8.45. The molecule has 0 heterocycles. The zero-order chi connectivity index (χ0) is 19.8. The Labute approximate surface area is 154 Å². The molecule has 0 saturated heterocycles. The standard InChI is InChI=1S/C19H19F5O2S/c20-27(21,22,23,24)18-8-4-7-16(13-18)19(25)26-17-11-9-15(10-12-17)14-5-2-1-3-6-14/h1-8,13,15,17H,9-12H2. The molecule has 3 rings (SSSR count). The van der Waals surface area contributed by atoms with Gasteiger partial charge in [0.25, 0.3) is 0 Å². The van der Waals surface area contributed by atoms with Crippen LogP contribution in [-0.4, -0.2) is 12.1 Å². The fourth-order valence-corrected chi connectivity index (χ4v) is 4.01. The first kappa shape index (κ1) is 19.7. The van der Waals surface area contributed by atoms with Crippen LogP contribution in [0.25, 0.3) is 0 Å². The predicted molar refractivity (Wildman–Crippen MR) is 94.7 cm³/mol. The maximum atomic E-state index is 12.9. The lowest BCUT2D eigenvalue weighted by Gasteiger charge is -2.40. The van der Waals surface area contributed by atoms with Crippen molar-refractivity contribution < 1.29 is 29.0 Å². The zero-order valence-electron chi connectivity index (χ0n) is 14.3. The molecule has 1 aliphatic carbocycles. The number of hydrogen-bond acceptors (Lipinski definition) is 2. The molecule has 1 fully saturated rings. The van der Waals surface area contributed by atoms with Crippen LogP contribution < -0.4 is 0 Å². The summed E-state index contributed by atoms with van der Waals surface area (Å²) in [6.07, 6.45) is 2.29. The average Bonchev–Trinajstić information content (AvgIpc) is 2.61. The van der Waals surface area contributed by atoms with Gasteiger partial charge in [0.15, 0.2) is 0 Å². The fraction of sp³-hybridized carbons (Fsp3) is 0.316. The molecule has 2 aromatic rings. The van der Waals surface area contributed by atoms with E-state index in [1.807, 2.05) is 30.3 Å². The van der Waals surface area contributed by atoms with Gasteiger partial charge in [0, 0.05) is 0 Å². The van der Waals surface area contributed by atoms with Gasteiger partial charge >= 0.3 is 16.2 Å². The molecule has 148 valence electrons. The largest absolute Gasteiger partial charge is 0.459 e. The van der Waals surface area contributed by atoms with E-state index in [9.17, 15) is 24.2 Å². The number of esters is 1. The van der Waals surface area contributed by atoms with Gasteiger partial charge in [-0.15, -0.1) is 0 Å². The lowest BCUT2D eigenvalue weighted by atomic mass is 9.83. The summed E-state index contributed by atoms with van der Waals surface area (Å²) < 4.78 is 69.8. The smallest absolute Gasteiger partial charge is 0.338 e. The second-order valence-corrected chi connectivity index (χ2v) is 9.20. The Morgan fingerprint density at radius 1 is 0.852 bits per heavy atom. The molecular weight excluding hydrogens is 387 g/mol. The van der Waals surface area contributed by atoms with Crippen LogP contribution in [0.15, 0.2) is 59.5 Å². The van der Waals surface area contributed by atoms with Crippen LogP contribution in [-0.2, 0) is 4.74 Å². The van der Waals surface area contributed by atoms with Crippen LogP contribution in [0.1, 0.15) is 47.5 Å². The molecule has 0 aliphatic heterocycles. The molecule has 0 N–H and O–H groups in total. The Balaban J connectivity index is 1.64. The summed E-state index contributed by atoms with van der Waals surface area (Å²) in [5.41, 5.74) is 0.678. The molecular formula is C19H19F5O2S. The number of ether oxygens (including phenoxy) is 1. The highest BCUT2D eigenvalue weighted by Gasteiger charge is 2.65. The van der Waals surface area contributed by atoms with Gasteiger partial charge < -0.3 is 4.74 Å². The van der Waals surface area contributed by atoms with E-state index < -0.39 is 32.8 Å². The Hall–Kier alpha value is -2.09. The SMILES string of the molecule is O=C(OC1CCC(c2ccccc2)CC1)c1cccc(S(F)(F)(F)(F)F)c1. The predicted octanol–water partition coefficient (Wildman–Crippen LogP) is 7.23. The molecule has 0 bridgehead atoms. The highest BCUT2D eigenvalue weighted by atomic mass is 32.5. The molecule has 2 nitrogen and oxygen atoms in total. The fourth-order valence-electron chi connectivity index (χ4n) is 3.32. The third kappa shape index (κ3) is 5.00. The van der Waals surface area contributed by atoms with E-state index in [0.717, 1.165) is 25.0 Å². The van der Waals surface area contributed by atoms with E-state index in [0.29, 0.717) is 18.8 Å². The van der Waals surface area contributed by atoms with Crippen molar-refractivity contribution >= 4 is 16.2 Å². The molecule has 0 atom stereocenters. The van der Waals surface area contributed by atoms with Gasteiger partial charge in [-0.1, -0.05) is 55.8 Å². The van der Waals surface area contributed by atoms with E-state index in [1.54, 1.807) is 0 Å². The molecule has 27 heavy (non-hydrogen) atoms. The number of halogens is 5. The number of rotatable bonds is 4. The van der Waals surface area contributed by atoms with Crippen LogP contribution >= 0.6 is 10.2 Å². The van der Waals surface area contributed by atoms with Crippen LogP contribution in [0.2, 0.25) is 0 Å². The van der Waals surface area contributed by atoms with E-state index >= 15 is 0 Å². The first-order chi connectivity index (χ1) is 12.4. The van der Waals surface area contributed by atoms with Crippen LogP contribution in [0.3, 0.4) is 0 Å². The maximum absolute atomic E-state index is 12.9. The van der Waals surface area contributed by atoms with Crippen molar-refractivity contribution in [3.05, 3.63) is 65.7 Å². The second kappa shape index (κ2) is 6.22. The molecule has 1 saturated carbocycles. The average molecular weight is 406 g/mol.